The van der Waals surface area contributed by atoms with Crippen LogP contribution in [-0.2, 0) is 6.54 Å². The standard InChI is InChI=1S/C12H13BrN2OS/c1-14-7-10-11(13)15-12(17-10)8-3-5-9(16-2)6-4-8/h3-6,14H,7H2,1-2H3. The zero-order valence-corrected chi connectivity index (χ0v) is 12.1. The summed E-state index contributed by atoms with van der Waals surface area (Å²) < 4.78 is 6.06. The number of thiazole rings is 1. The molecule has 3 nitrogen and oxygen atoms in total. The van der Waals surface area contributed by atoms with Gasteiger partial charge in [0.25, 0.3) is 0 Å². The predicted molar refractivity (Wildman–Crippen MR) is 74.6 cm³/mol. The monoisotopic (exact) mass is 312 g/mol. The minimum absolute atomic E-state index is 0.828. The quantitative estimate of drug-likeness (QED) is 0.940. The molecule has 1 N–H and O–H groups in total. The van der Waals surface area contributed by atoms with E-state index in [1.165, 1.54) is 4.88 Å². The summed E-state index contributed by atoms with van der Waals surface area (Å²) in [5.74, 6) is 0.861. The first-order valence-corrected chi connectivity index (χ1v) is 6.79. The van der Waals surface area contributed by atoms with E-state index in [1.54, 1.807) is 18.4 Å². The van der Waals surface area contributed by atoms with Crippen molar-refractivity contribution in [1.82, 2.24) is 10.3 Å². The maximum Gasteiger partial charge on any atom is 0.124 e. The lowest BCUT2D eigenvalue weighted by atomic mass is 10.2. The van der Waals surface area contributed by atoms with E-state index in [2.05, 4.69) is 26.2 Å². The highest BCUT2D eigenvalue weighted by Crippen LogP contribution is 2.31. The van der Waals surface area contributed by atoms with Gasteiger partial charge in [0.2, 0.25) is 0 Å². The Bertz CT molecular complexity index is 496. The number of rotatable bonds is 4. The van der Waals surface area contributed by atoms with E-state index in [0.29, 0.717) is 0 Å². The minimum atomic E-state index is 0.828. The highest BCUT2D eigenvalue weighted by Gasteiger charge is 2.09. The van der Waals surface area contributed by atoms with Crippen LogP contribution in [-0.4, -0.2) is 19.1 Å². The first kappa shape index (κ1) is 12.5. The Balaban J connectivity index is 2.29. The van der Waals surface area contributed by atoms with Gasteiger partial charge in [-0.1, -0.05) is 0 Å². The molecule has 0 saturated heterocycles. The van der Waals surface area contributed by atoms with Gasteiger partial charge in [0, 0.05) is 12.1 Å². The number of methoxy groups -OCH3 is 1. The number of hydrogen-bond acceptors (Lipinski definition) is 4. The molecule has 17 heavy (non-hydrogen) atoms. The summed E-state index contributed by atoms with van der Waals surface area (Å²) >= 11 is 5.17. The largest absolute Gasteiger partial charge is 0.497 e. The molecule has 5 heteroatoms. The van der Waals surface area contributed by atoms with Crippen molar-refractivity contribution in [2.24, 2.45) is 0 Å². The van der Waals surface area contributed by atoms with Gasteiger partial charge in [0.05, 0.1) is 12.0 Å². The molecule has 0 atom stereocenters. The second-order valence-corrected chi connectivity index (χ2v) is 5.33. The maximum atomic E-state index is 5.14. The molecule has 0 aliphatic heterocycles. The van der Waals surface area contributed by atoms with Gasteiger partial charge >= 0.3 is 0 Å². The van der Waals surface area contributed by atoms with Gasteiger partial charge in [-0.2, -0.15) is 0 Å². The lowest BCUT2D eigenvalue weighted by molar-refractivity contribution is 0.415. The second-order valence-electron chi connectivity index (χ2n) is 3.49. The van der Waals surface area contributed by atoms with Crippen LogP contribution in [0.1, 0.15) is 4.88 Å². The molecule has 2 aromatic rings. The fourth-order valence-corrected chi connectivity index (χ4v) is 3.11. The third kappa shape index (κ3) is 2.86. The molecule has 1 aromatic carbocycles. The normalized spacial score (nSPS) is 10.5. The van der Waals surface area contributed by atoms with Gasteiger partial charge in [0.1, 0.15) is 15.4 Å². The summed E-state index contributed by atoms with van der Waals surface area (Å²) in [6.07, 6.45) is 0. The van der Waals surface area contributed by atoms with Crippen molar-refractivity contribution in [2.45, 2.75) is 6.54 Å². The summed E-state index contributed by atoms with van der Waals surface area (Å²) in [5.41, 5.74) is 1.11. The molecule has 0 amide bonds. The van der Waals surface area contributed by atoms with Crippen molar-refractivity contribution < 1.29 is 4.74 Å². The summed E-state index contributed by atoms with van der Waals surface area (Å²) in [7, 11) is 3.60. The van der Waals surface area contributed by atoms with E-state index in [0.717, 1.165) is 27.5 Å². The average molecular weight is 313 g/mol. The second kappa shape index (κ2) is 5.62. The molecule has 0 unspecified atom stereocenters. The van der Waals surface area contributed by atoms with Crippen LogP contribution < -0.4 is 10.1 Å². The first-order valence-electron chi connectivity index (χ1n) is 5.19. The van der Waals surface area contributed by atoms with Crippen LogP contribution in [0, 0.1) is 0 Å². The fourth-order valence-electron chi connectivity index (χ4n) is 1.46. The lowest BCUT2D eigenvalue weighted by Gasteiger charge is -1.99. The van der Waals surface area contributed by atoms with E-state index in [9.17, 15) is 0 Å². The molecule has 0 aliphatic rings. The molecule has 0 bridgehead atoms. The number of nitrogens with one attached hydrogen (secondary N) is 1. The molecular formula is C12H13BrN2OS. The maximum absolute atomic E-state index is 5.14. The van der Waals surface area contributed by atoms with Gasteiger partial charge in [-0.05, 0) is 47.2 Å². The van der Waals surface area contributed by atoms with Crippen LogP contribution in [0.5, 0.6) is 5.75 Å². The predicted octanol–water partition coefficient (Wildman–Crippen LogP) is 3.30. The number of benzene rings is 1. The Morgan fingerprint density at radius 3 is 2.65 bits per heavy atom. The summed E-state index contributed by atoms with van der Waals surface area (Å²) in [6.45, 7) is 0.828. The van der Waals surface area contributed by atoms with E-state index in [4.69, 9.17) is 4.74 Å². The smallest absolute Gasteiger partial charge is 0.124 e. The minimum Gasteiger partial charge on any atom is -0.497 e. The molecule has 0 fully saturated rings. The summed E-state index contributed by atoms with van der Waals surface area (Å²) in [5, 5.41) is 4.15. The van der Waals surface area contributed by atoms with Crippen molar-refractivity contribution >= 4 is 27.3 Å². The van der Waals surface area contributed by atoms with Gasteiger partial charge in [0.15, 0.2) is 0 Å². The topological polar surface area (TPSA) is 34.1 Å². The van der Waals surface area contributed by atoms with Gasteiger partial charge in [-0.3, -0.25) is 0 Å². The van der Waals surface area contributed by atoms with Crippen molar-refractivity contribution in [1.29, 1.82) is 0 Å². The molecule has 0 radical (unpaired) electrons. The first-order chi connectivity index (χ1) is 8.24. The third-order valence-electron chi connectivity index (χ3n) is 2.32. The van der Waals surface area contributed by atoms with E-state index in [1.807, 2.05) is 31.3 Å². The lowest BCUT2D eigenvalue weighted by Crippen LogP contribution is -2.03. The zero-order chi connectivity index (χ0) is 12.3. The molecule has 2 rings (SSSR count). The van der Waals surface area contributed by atoms with Crippen molar-refractivity contribution in [2.75, 3.05) is 14.2 Å². The van der Waals surface area contributed by atoms with Crippen LogP contribution in [0.2, 0.25) is 0 Å². The Labute approximate surface area is 113 Å². The highest BCUT2D eigenvalue weighted by molar-refractivity contribution is 9.10. The van der Waals surface area contributed by atoms with Crippen molar-refractivity contribution in [3.05, 3.63) is 33.7 Å². The average Bonchev–Trinajstić information content (AvgIpc) is 2.72. The molecular weight excluding hydrogens is 300 g/mol. The third-order valence-corrected chi connectivity index (χ3v) is 4.35. The van der Waals surface area contributed by atoms with Crippen LogP contribution in [0.4, 0.5) is 0 Å². The Kier molecular flexibility index (Phi) is 4.15. The van der Waals surface area contributed by atoms with Gasteiger partial charge in [-0.15, -0.1) is 11.3 Å². The molecule has 1 heterocycles. The molecule has 0 saturated carbocycles. The van der Waals surface area contributed by atoms with Crippen molar-refractivity contribution in [3.63, 3.8) is 0 Å². The van der Waals surface area contributed by atoms with Crippen LogP contribution in [0.25, 0.3) is 10.6 Å². The number of nitrogens with zero attached hydrogens (tertiary/aromatic N) is 1. The molecule has 0 aliphatic carbocycles. The zero-order valence-electron chi connectivity index (χ0n) is 9.66. The number of halogens is 1. The van der Waals surface area contributed by atoms with Gasteiger partial charge < -0.3 is 10.1 Å². The Hall–Kier alpha value is -0.910. The highest BCUT2D eigenvalue weighted by atomic mass is 79.9. The number of ether oxygens (including phenoxy) is 1. The van der Waals surface area contributed by atoms with Crippen LogP contribution in [0.15, 0.2) is 28.9 Å². The molecule has 90 valence electrons. The van der Waals surface area contributed by atoms with Crippen LogP contribution >= 0.6 is 27.3 Å². The van der Waals surface area contributed by atoms with Crippen molar-refractivity contribution in [3.8, 4) is 16.3 Å². The SMILES string of the molecule is CNCc1sc(-c2ccc(OC)cc2)nc1Br. The Morgan fingerprint density at radius 1 is 1.35 bits per heavy atom. The van der Waals surface area contributed by atoms with E-state index >= 15 is 0 Å². The van der Waals surface area contributed by atoms with Gasteiger partial charge in [-0.25, -0.2) is 4.98 Å². The molecule has 1 aromatic heterocycles. The van der Waals surface area contributed by atoms with E-state index in [-0.39, 0.29) is 0 Å². The van der Waals surface area contributed by atoms with E-state index < -0.39 is 0 Å². The Morgan fingerprint density at radius 2 is 2.06 bits per heavy atom. The summed E-state index contributed by atoms with van der Waals surface area (Å²) in [4.78, 5) is 5.72. The number of hydrogen-bond donors (Lipinski definition) is 1. The van der Waals surface area contributed by atoms with Crippen LogP contribution in [0.3, 0.4) is 0 Å². The fraction of sp³-hybridized carbons (Fsp3) is 0.250. The summed E-state index contributed by atoms with van der Waals surface area (Å²) in [6, 6.07) is 7.94. The molecule has 0 spiro atoms. The number of aromatic nitrogens is 1.